The lowest BCUT2D eigenvalue weighted by molar-refractivity contribution is 0.251. The quantitative estimate of drug-likeness (QED) is 0.417. The summed E-state index contributed by atoms with van der Waals surface area (Å²) in [6, 6.07) is 7.63. The van der Waals surface area contributed by atoms with E-state index in [0.717, 1.165) is 30.9 Å². The minimum atomic E-state index is 0.279. The maximum Gasteiger partial charge on any atom is 0.188 e. The number of methoxy groups -OCH3 is 1. The van der Waals surface area contributed by atoms with Crippen molar-refractivity contribution in [3.63, 3.8) is 0 Å². The molecule has 118 valence electrons. The summed E-state index contributed by atoms with van der Waals surface area (Å²) in [6.07, 6.45) is 2.24. The first-order valence-corrected chi connectivity index (χ1v) is 7.47. The molecule has 5 nitrogen and oxygen atoms in total. The van der Waals surface area contributed by atoms with Gasteiger partial charge in [0.25, 0.3) is 0 Å². The molecular weight excluding hydrogens is 266 g/mol. The number of unbranched alkanes of at least 4 members (excludes halogenated alkanes) is 1. The SMILES string of the molecule is CCCCNC(N)=NCC(C)COc1ccccc1OC. The maximum atomic E-state index is 5.79. The van der Waals surface area contributed by atoms with Gasteiger partial charge < -0.3 is 20.5 Å². The Morgan fingerprint density at radius 1 is 1.33 bits per heavy atom. The van der Waals surface area contributed by atoms with Crippen molar-refractivity contribution in [1.82, 2.24) is 5.32 Å². The largest absolute Gasteiger partial charge is 0.493 e. The lowest BCUT2D eigenvalue weighted by Gasteiger charge is -2.14. The topological polar surface area (TPSA) is 68.9 Å². The Balaban J connectivity index is 2.33. The van der Waals surface area contributed by atoms with Crippen molar-refractivity contribution in [2.75, 3.05) is 26.8 Å². The molecule has 1 aromatic rings. The molecule has 0 saturated heterocycles. The van der Waals surface area contributed by atoms with Gasteiger partial charge in [-0.1, -0.05) is 32.4 Å². The molecule has 3 N–H and O–H groups in total. The van der Waals surface area contributed by atoms with E-state index < -0.39 is 0 Å². The summed E-state index contributed by atoms with van der Waals surface area (Å²) in [5.41, 5.74) is 5.79. The van der Waals surface area contributed by atoms with Gasteiger partial charge in [0.1, 0.15) is 0 Å². The number of rotatable bonds is 9. The Labute approximate surface area is 127 Å². The Morgan fingerprint density at radius 3 is 2.71 bits per heavy atom. The lowest BCUT2D eigenvalue weighted by Crippen LogP contribution is -2.33. The molecule has 0 radical (unpaired) electrons. The summed E-state index contributed by atoms with van der Waals surface area (Å²) in [6.45, 7) is 6.31. The van der Waals surface area contributed by atoms with Gasteiger partial charge in [-0.25, -0.2) is 0 Å². The summed E-state index contributed by atoms with van der Waals surface area (Å²) in [5, 5.41) is 3.10. The van der Waals surface area contributed by atoms with Gasteiger partial charge in [0.15, 0.2) is 17.5 Å². The summed E-state index contributed by atoms with van der Waals surface area (Å²) in [4.78, 5) is 4.32. The van der Waals surface area contributed by atoms with Crippen LogP contribution in [0.4, 0.5) is 0 Å². The molecule has 0 aromatic heterocycles. The Hall–Kier alpha value is -1.91. The van der Waals surface area contributed by atoms with Gasteiger partial charge in [-0.15, -0.1) is 0 Å². The van der Waals surface area contributed by atoms with E-state index in [2.05, 4.69) is 24.2 Å². The van der Waals surface area contributed by atoms with E-state index in [9.17, 15) is 0 Å². The van der Waals surface area contributed by atoms with E-state index >= 15 is 0 Å². The second-order valence-corrected chi connectivity index (χ2v) is 5.07. The number of hydrogen-bond donors (Lipinski definition) is 2. The van der Waals surface area contributed by atoms with Crippen LogP contribution in [0.25, 0.3) is 0 Å². The van der Waals surface area contributed by atoms with E-state index in [1.54, 1.807) is 7.11 Å². The normalized spacial score (nSPS) is 12.8. The van der Waals surface area contributed by atoms with Crippen LogP contribution in [0, 0.1) is 5.92 Å². The Morgan fingerprint density at radius 2 is 2.05 bits per heavy atom. The molecule has 0 amide bonds. The Bertz CT molecular complexity index is 435. The van der Waals surface area contributed by atoms with Gasteiger partial charge in [0.2, 0.25) is 0 Å². The molecule has 0 aliphatic heterocycles. The molecular formula is C16H27N3O2. The number of aliphatic imine (C=N–C) groups is 1. The van der Waals surface area contributed by atoms with Crippen molar-refractivity contribution in [3.8, 4) is 11.5 Å². The van der Waals surface area contributed by atoms with Gasteiger partial charge >= 0.3 is 0 Å². The van der Waals surface area contributed by atoms with Gasteiger partial charge in [0, 0.05) is 19.0 Å². The van der Waals surface area contributed by atoms with Crippen LogP contribution in [0.2, 0.25) is 0 Å². The summed E-state index contributed by atoms with van der Waals surface area (Å²) >= 11 is 0. The van der Waals surface area contributed by atoms with Gasteiger partial charge in [0.05, 0.1) is 13.7 Å². The van der Waals surface area contributed by atoms with Crippen molar-refractivity contribution >= 4 is 5.96 Å². The standard InChI is InChI=1S/C16H27N3O2/c1-4-5-10-18-16(17)19-11-13(2)12-21-15-9-7-6-8-14(15)20-3/h6-9,13H,4-5,10-12H2,1-3H3,(H3,17,18,19). The van der Waals surface area contributed by atoms with Crippen LogP contribution < -0.4 is 20.5 Å². The molecule has 0 aliphatic rings. The first-order chi connectivity index (χ1) is 10.2. The van der Waals surface area contributed by atoms with E-state index in [1.165, 1.54) is 0 Å². The molecule has 0 aliphatic carbocycles. The third-order valence-corrected chi connectivity index (χ3v) is 3.00. The van der Waals surface area contributed by atoms with Crippen molar-refractivity contribution in [2.45, 2.75) is 26.7 Å². The van der Waals surface area contributed by atoms with Crippen molar-refractivity contribution in [2.24, 2.45) is 16.6 Å². The molecule has 0 saturated carbocycles. The molecule has 1 atom stereocenters. The average Bonchev–Trinajstić information content (AvgIpc) is 2.51. The monoisotopic (exact) mass is 293 g/mol. The minimum absolute atomic E-state index is 0.279. The first-order valence-electron chi connectivity index (χ1n) is 7.47. The van der Waals surface area contributed by atoms with Gasteiger partial charge in [-0.2, -0.15) is 0 Å². The fourth-order valence-electron chi connectivity index (χ4n) is 1.73. The average molecular weight is 293 g/mol. The van der Waals surface area contributed by atoms with E-state index in [0.29, 0.717) is 19.1 Å². The van der Waals surface area contributed by atoms with Crippen LogP contribution in [-0.2, 0) is 0 Å². The zero-order valence-corrected chi connectivity index (χ0v) is 13.3. The van der Waals surface area contributed by atoms with E-state index in [4.69, 9.17) is 15.2 Å². The highest BCUT2D eigenvalue weighted by Gasteiger charge is 2.06. The van der Waals surface area contributed by atoms with Crippen molar-refractivity contribution in [1.29, 1.82) is 0 Å². The Kier molecular flexibility index (Phi) is 8.09. The molecule has 5 heteroatoms. The number of benzene rings is 1. The van der Waals surface area contributed by atoms with Crippen molar-refractivity contribution in [3.05, 3.63) is 24.3 Å². The zero-order valence-electron chi connectivity index (χ0n) is 13.3. The molecule has 1 aromatic carbocycles. The fraction of sp³-hybridized carbons (Fsp3) is 0.562. The van der Waals surface area contributed by atoms with Gasteiger partial charge in [-0.3, -0.25) is 4.99 Å². The van der Waals surface area contributed by atoms with Crippen LogP contribution in [0.5, 0.6) is 11.5 Å². The highest BCUT2D eigenvalue weighted by Crippen LogP contribution is 2.26. The molecule has 0 fully saturated rings. The number of guanidine groups is 1. The zero-order chi connectivity index (χ0) is 15.5. The highest BCUT2D eigenvalue weighted by molar-refractivity contribution is 5.77. The fourth-order valence-corrected chi connectivity index (χ4v) is 1.73. The van der Waals surface area contributed by atoms with Crippen LogP contribution >= 0.6 is 0 Å². The molecule has 0 spiro atoms. The summed E-state index contributed by atoms with van der Waals surface area (Å²) < 4.78 is 11.0. The predicted octanol–water partition coefficient (Wildman–Crippen LogP) is 2.41. The third-order valence-electron chi connectivity index (χ3n) is 3.00. The molecule has 21 heavy (non-hydrogen) atoms. The molecule has 1 unspecified atom stereocenters. The predicted molar refractivity (Wildman–Crippen MR) is 87.1 cm³/mol. The number of para-hydroxylation sites is 2. The number of nitrogens with zero attached hydrogens (tertiary/aromatic N) is 1. The van der Waals surface area contributed by atoms with E-state index in [1.807, 2.05) is 24.3 Å². The van der Waals surface area contributed by atoms with Crippen molar-refractivity contribution < 1.29 is 9.47 Å². The van der Waals surface area contributed by atoms with Crippen LogP contribution in [0.15, 0.2) is 29.3 Å². The third kappa shape index (κ3) is 6.88. The van der Waals surface area contributed by atoms with Crippen LogP contribution in [0.3, 0.4) is 0 Å². The lowest BCUT2D eigenvalue weighted by atomic mass is 10.2. The maximum absolute atomic E-state index is 5.79. The minimum Gasteiger partial charge on any atom is -0.493 e. The first kappa shape index (κ1) is 17.1. The second-order valence-electron chi connectivity index (χ2n) is 5.07. The molecule has 1 rings (SSSR count). The second kappa shape index (κ2) is 9.91. The molecule has 0 bridgehead atoms. The van der Waals surface area contributed by atoms with Crippen LogP contribution in [0.1, 0.15) is 26.7 Å². The van der Waals surface area contributed by atoms with E-state index in [-0.39, 0.29) is 5.92 Å². The van der Waals surface area contributed by atoms with Gasteiger partial charge in [-0.05, 0) is 18.6 Å². The summed E-state index contributed by atoms with van der Waals surface area (Å²) in [7, 11) is 1.64. The smallest absolute Gasteiger partial charge is 0.188 e. The summed E-state index contributed by atoms with van der Waals surface area (Å²) in [5.74, 6) is 2.29. The number of nitrogens with one attached hydrogen (secondary N) is 1. The number of hydrogen-bond acceptors (Lipinski definition) is 3. The number of ether oxygens (including phenoxy) is 2. The number of nitrogens with two attached hydrogens (primary N) is 1. The molecule has 0 heterocycles. The highest BCUT2D eigenvalue weighted by atomic mass is 16.5. The van der Waals surface area contributed by atoms with Crippen LogP contribution in [-0.4, -0.2) is 32.8 Å².